The van der Waals surface area contributed by atoms with Crippen molar-refractivity contribution in [1.29, 1.82) is 0 Å². The lowest BCUT2D eigenvalue weighted by atomic mass is 10.1. The Morgan fingerprint density at radius 3 is 2.52 bits per heavy atom. The number of furan rings is 1. The van der Waals surface area contributed by atoms with Crippen LogP contribution in [-0.4, -0.2) is 49.6 Å². The van der Waals surface area contributed by atoms with Crippen LogP contribution in [0.2, 0.25) is 0 Å². The van der Waals surface area contributed by atoms with Gasteiger partial charge in [0.2, 0.25) is 0 Å². The van der Waals surface area contributed by atoms with Crippen molar-refractivity contribution in [3.8, 4) is 0 Å². The third kappa shape index (κ3) is 4.06. The fourth-order valence-corrected chi connectivity index (χ4v) is 2.79. The predicted octanol–water partition coefficient (Wildman–Crippen LogP) is 2.70. The highest BCUT2D eigenvalue weighted by atomic mass is 16.3. The second-order valence-corrected chi connectivity index (χ2v) is 5.99. The summed E-state index contributed by atoms with van der Waals surface area (Å²) >= 11 is 0. The zero-order valence-electron chi connectivity index (χ0n) is 13.5. The molecular formula is C17H27N3O. The second kappa shape index (κ2) is 7.07. The number of para-hydroxylation sites is 1. The lowest BCUT2D eigenvalue weighted by Gasteiger charge is -2.31. The van der Waals surface area contributed by atoms with E-state index in [1.807, 2.05) is 18.2 Å². The van der Waals surface area contributed by atoms with Crippen molar-refractivity contribution in [3.05, 3.63) is 36.1 Å². The van der Waals surface area contributed by atoms with Gasteiger partial charge in [0.05, 0.1) is 6.04 Å². The molecule has 0 spiro atoms. The molecule has 0 radical (unpaired) electrons. The van der Waals surface area contributed by atoms with Crippen LogP contribution in [0.3, 0.4) is 0 Å². The van der Waals surface area contributed by atoms with Gasteiger partial charge in [0.15, 0.2) is 0 Å². The van der Waals surface area contributed by atoms with Crippen LogP contribution >= 0.6 is 0 Å². The van der Waals surface area contributed by atoms with Crippen LogP contribution in [0.15, 0.2) is 34.7 Å². The number of hydrogen-bond acceptors (Lipinski definition) is 4. The summed E-state index contributed by atoms with van der Waals surface area (Å²) in [6, 6.07) is 10.5. The van der Waals surface area contributed by atoms with Gasteiger partial charge in [0.1, 0.15) is 11.3 Å². The van der Waals surface area contributed by atoms with Gasteiger partial charge in [0.25, 0.3) is 0 Å². The average molecular weight is 289 g/mol. The molecule has 2 rings (SSSR count). The molecule has 0 fully saturated rings. The van der Waals surface area contributed by atoms with Crippen molar-refractivity contribution < 1.29 is 4.42 Å². The van der Waals surface area contributed by atoms with Crippen LogP contribution in [0.1, 0.15) is 25.6 Å². The highest BCUT2D eigenvalue weighted by Gasteiger charge is 2.19. The van der Waals surface area contributed by atoms with Crippen LogP contribution in [0, 0.1) is 0 Å². The third-order valence-electron chi connectivity index (χ3n) is 3.90. The first kappa shape index (κ1) is 16.0. The standard InChI is InChI=1S/C17H27N3O/c1-5-20(13(2)11-19(3)4)12-15(18)17-10-14-8-6-7-9-16(14)21-17/h6-10,13,15H,5,11-12,18H2,1-4H3. The number of fused-ring (bicyclic) bond motifs is 1. The highest BCUT2D eigenvalue weighted by Crippen LogP contribution is 2.23. The van der Waals surface area contributed by atoms with E-state index in [1.54, 1.807) is 0 Å². The summed E-state index contributed by atoms with van der Waals surface area (Å²) < 4.78 is 5.87. The lowest BCUT2D eigenvalue weighted by Crippen LogP contribution is -2.43. The summed E-state index contributed by atoms with van der Waals surface area (Å²) in [6.07, 6.45) is 0. The van der Waals surface area contributed by atoms with Gasteiger partial charge in [-0.05, 0) is 39.7 Å². The summed E-state index contributed by atoms with van der Waals surface area (Å²) in [7, 11) is 4.20. The Morgan fingerprint density at radius 2 is 1.90 bits per heavy atom. The minimum atomic E-state index is -0.0954. The molecule has 0 saturated carbocycles. The first-order chi connectivity index (χ1) is 10.0. The first-order valence-electron chi connectivity index (χ1n) is 7.64. The van der Waals surface area contributed by atoms with Gasteiger partial charge >= 0.3 is 0 Å². The first-order valence-corrected chi connectivity index (χ1v) is 7.64. The fraction of sp³-hybridized carbons (Fsp3) is 0.529. The maximum absolute atomic E-state index is 6.35. The fourth-order valence-electron chi connectivity index (χ4n) is 2.79. The summed E-state index contributed by atoms with van der Waals surface area (Å²) in [5, 5.41) is 1.12. The topological polar surface area (TPSA) is 45.6 Å². The molecule has 0 amide bonds. The van der Waals surface area contributed by atoms with Crippen molar-refractivity contribution in [2.45, 2.75) is 25.9 Å². The van der Waals surface area contributed by atoms with Gasteiger partial charge in [0, 0.05) is 24.5 Å². The Bertz CT molecular complexity index is 531. The Morgan fingerprint density at radius 1 is 1.19 bits per heavy atom. The van der Waals surface area contributed by atoms with Crippen molar-refractivity contribution in [1.82, 2.24) is 9.80 Å². The van der Waals surface area contributed by atoms with Crippen molar-refractivity contribution in [3.63, 3.8) is 0 Å². The van der Waals surface area contributed by atoms with Crippen LogP contribution in [0.25, 0.3) is 11.0 Å². The zero-order valence-corrected chi connectivity index (χ0v) is 13.5. The van der Waals surface area contributed by atoms with Crippen LogP contribution in [0.5, 0.6) is 0 Å². The number of rotatable bonds is 7. The molecule has 1 heterocycles. The molecule has 0 bridgehead atoms. The summed E-state index contributed by atoms with van der Waals surface area (Å²) in [5.41, 5.74) is 7.26. The Hall–Kier alpha value is -1.36. The molecule has 4 nitrogen and oxygen atoms in total. The molecule has 2 N–H and O–H groups in total. The van der Waals surface area contributed by atoms with Gasteiger partial charge in [-0.1, -0.05) is 25.1 Å². The number of nitrogens with zero attached hydrogens (tertiary/aromatic N) is 2. The summed E-state index contributed by atoms with van der Waals surface area (Å²) in [6.45, 7) is 7.25. The van der Waals surface area contributed by atoms with Crippen LogP contribution in [0.4, 0.5) is 0 Å². The van der Waals surface area contributed by atoms with E-state index < -0.39 is 0 Å². The molecular weight excluding hydrogens is 262 g/mol. The maximum Gasteiger partial charge on any atom is 0.134 e. The smallest absolute Gasteiger partial charge is 0.134 e. The molecule has 1 aromatic carbocycles. The minimum Gasteiger partial charge on any atom is -0.459 e. The van der Waals surface area contributed by atoms with E-state index in [0.717, 1.165) is 36.4 Å². The molecule has 21 heavy (non-hydrogen) atoms. The average Bonchev–Trinajstić information content (AvgIpc) is 2.87. The van der Waals surface area contributed by atoms with Crippen LogP contribution < -0.4 is 5.73 Å². The van der Waals surface area contributed by atoms with Gasteiger partial charge in [-0.25, -0.2) is 0 Å². The molecule has 4 heteroatoms. The van der Waals surface area contributed by atoms with Gasteiger partial charge in [-0.15, -0.1) is 0 Å². The SMILES string of the molecule is CCN(CC(N)c1cc2ccccc2o1)C(C)CN(C)C. The molecule has 2 unspecified atom stereocenters. The molecule has 2 atom stereocenters. The molecule has 0 aliphatic rings. The normalized spacial score (nSPS) is 15.0. The van der Waals surface area contributed by atoms with Crippen molar-refractivity contribution >= 4 is 11.0 Å². The largest absolute Gasteiger partial charge is 0.459 e. The summed E-state index contributed by atoms with van der Waals surface area (Å²) in [4.78, 5) is 4.61. The molecule has 0 aliphatic heterocycles. The Labute approximate surface area is 127 Å². The third-order valence-corrected chi connectivity index (χ3v) is 3.90. The van der Waals surface area contributed by atoms with Crippen LogP contribution in [-0.2, 0) is 0 Å². The molecule has 0 saturated heterocycles. The Kier molecular flexibility index (Phi) is 5.39. The van der Waals surface area contributed by atoms with E-state index in [-0.39, 0.29) is 6.04 Å². The quantitative estimate of drug-likeness (QED) is 0.851. The number of benzene rings is 1. The van der Waals surface area contributed by atoms with Crippen molar-refractivity contribution in [2.24, 2.45) is 5.73 Å². The maximum atomic E-state index is 6.35. The van der Waals surface area contributed by atoms with Crippen molar-refractivity contribution in [2.75, 3.05) is 33.7 Å². The van der Waals surface area contributed by atoms with Gasteiger partial charge in [-0.3, -0.25) is 4.90 Å². The number of nitrogens with two attached hydrogens (primary N) is 1. The molecule has 0 aliphatic carbocycles. The number of likely N-dealkylation sites (N-methyl/N-ethyl adjacent to an activating group) is 2. The lowest BCUT2D eigenvalue weighted by molar-refractivity contribution is 0.168. The van der Waals surface area contributed by atoms with Gasteiger partial charge in [-0.2, -0.15) is 0 Å². The van der Waals surface area contributed by atoms with E-state index in [0.29, 0.717) is 6.04 Å². The predicted molar refractivity (Wildman–Crippen MR) is 88.4 cm³/mol. The van der Waals surface area contributed by atoms with Gasteiger partial charge < -0.3 is 15.1 Å². The molecule has 116 valence electrons. The van der Waals surface area contributed by atoms with E-state index in [2.05, 4.69) is 49.9 Å². The zero-order chi connectivity index (χ0) is 15.4. The number of hydrogen-bond donors (Lipinski definition) is 1. The highest BCUT2D eigenvalue weighted by molar-refractivity contribution is 5.77. The van der Waals surface area contributed by atoms with E-state index >= 15 is 0 Å². The van der Waals surface area contributed by atoms with E-state index in [4.69, 9.17) is 10.2 Å². The minimum absolute atomic E-state index is 0.0954. The summed E-state index contributed by atoms with van der Waals surface area (Å²) in [5.74, 6) is 0.867. The molecule has 1 aromatic heterocycles. The monoisotopic (exact) mass is 289 g/mol. The second-order valence-electron chi connectivity index (χ2n) is 5.99. The Balaban J connectivity index is 2.06. The van der Waals surface area contributed by atoms with E-state index in [9.17, 15) is 0 Å². The molecule has 2 aromatic rings. The van der Waals surface area contributed by atoms with E-state index in [1.165, 1.54) is 0 Å².